The molecule has 1 atom stereocenters. The molecular formula is C22H32N4O4. The van der Waals surface area contributed by atoms with Crippen molar-refractivity contribution in [1.29, 1.82) is 0 Å². The van der Waals surface area contributed by atoms with Crippen LogP contribution in [0.3, 0.4) is 0 Å². The van der Waals surface area contributed by atoms with E-state index in [1.807, 2.05) is 24.3 Å². The highest BCUT2D eigenvalue weighted by molar-refractivity contribution is 5.98. The van der Waals surface area contributed by atoms with Gasteiger partial charge in [0.1, 0.15) is 12.3 Å². The molecule has 0 bridgehead atoms. The topological polar surface area (TPSA) is 82.2 Å². The van der Waals surface area contributed by atoms with Gasteiger partial charge in [0.2, 0.25) is 17.7 Å². The van der Waals surface area contributed by atoms with Gasteiger partial charge in [0, 0.05) is 37.9 Å². The van der Waals surface area contributed by atoms with Gasteiger partial charge in [-0.1, -0.05) is 19.9 Å². The van der Waals surface area contributed by atoms with Crippen LogP contribution in [0.25, 0.3) is 0 Å². The van der Waals surface area contributed by atoms with Crippen LogP contribution in [0.1, 0.15) is 26.7 Å². The second-order valence-corrected chi connectivity index (χ2v) is 8.29. The smallest absolute Gasteiger partial charge is 0.246 e. The van der Waals surface area contributed by atoms with Crippen LogP contribution in [-0.2, 0) is 14.4 Å². The maximum absolute atomic E-state index is 12.9. The zero-order valence-corrected chi connectivity index (χ0v) is 18.1. The molecule has 0 radical (unpaired) electrons. The third-order valence-electron chi connectivity index (χ3n) is 5.74. The molecule has 0 saturated carbocycles. The van der Waals surface area contributed by atoms with Gasteiger partial charge < -0.3 is 19.9 Å². The summed E-state index contributed by atoms with van der Waals surface area (Å²) < 4.78 is 5.23. The Morgan fingerprint density at radius 3 is 2.73 bits per heavy atom. The number of carbonyl (C=O) groups excluding carboxylic acids is 3. The van der Waals surface area contributed by atoms with Gasteiger partial charge in [-0.2, -0.15) is 0 Å². The Morgan fingerprint density at radius 1 is 1.23 bits per heavy atom. The molecule has 2 fully saturated rings. The number of hydrogen-bond acceptors (Lipinski definition) is 5. The molecule has 164 valence electrons. The number of amides is 3. The predicted molar refractivity (Wildman–Crippen MR) is 114 cm³/mol. The average Bonchev–Trinajstić information content (AvgIpc) is 2.74. The summed E-state index contributed by atoms with van der Waals surface area (Å²) in [7, 11) is 1.59. The molecule has 8 nitrogen and oxygen atoms in total. The van der Waals surface area contributed by atoms with Crippen LogP contribution in [-0.4, -0.2) is 79.9 Å². The number of piperazine rings is 2. The minimum Gasteiger partial charge on any atom is -0.497 e. The maximum Gasteiger partial charge on any atom is 0.246 e. The molecule has 0 unspecified atom stereocenters. The highest BCUT2D eigenvalue weighted by Gasteiger charge is 2.35. The highest BCUT2D eigenvalue weighted by Crippen LogP contribution is 2.23. The first-order valence-electron chi connectivity index (χ1n) is 10.6. The summed E-state index contributed by atoms with van der Waals surface area (Å²) in [4.78, 5) is 43.4. The Morgan fingerprint density at radius 2 is 2.03 bits per heavy atom. The summed E-state index contributed by atoms with van der Waals surface area (Å²) in [6, 6.07) is 6.88. The van der Waals surface area contributed by atoms with E-state index in [2.05, 4.69) is 24.1 Å². The molecule has 2 saturated heterocycles. The summed E-state index contributed by atoms with van der Waals surface area (Å²) in [6.45, 7) is 7.35. The number of rotatable bonds is 7. The zero-order chi connectivity index (χ0) is 21.7. The Kier molecular flexibility index (Phi) is 7.31. The number of anilines is 1. The molecule has 0 aliphatic carbocycles. The molecule has 1 aromatic carbocycles. The fourth-order valence-electron chi connectivity index (χ4n) is 3.91. The van der Waals surface area contributed by atoms with E-state index in [0.29, 0.717) is 31.3 Å². The summed E-state index contributed by atoms with van der Waals surface area (Å²) in [5.74, 6) is 0.842. The Labute approximate surface area is 178 Å². The van der Waals surface area contributed by atoms with E-state index in [1.165, 1.54) is 0 Å². The Hall–Kier alpha value is -2.61. The lowest BCUT2D eigenvalue weighted by Gasteiger charge is -2.38. The van der Waals surface area contributed by atoms with E-state index >= 15 is 0 Å². The lowest BCUT2D eigenvalue weighted by molar-refractivity contribution is -0.141. The fourth-order valence-corrected chi connectivity index (χ4v) is 3.91. The Balaban J connectivity index is 1.60. The molecule has 0 spiro atoms. The maximum atomic E-state index is 12.9. The van der Waals surface area contributed by atoms with Crippen LogP contribution < -0.4 is 15.0 Å². The van der Waals surface area contributed by atoms with Crippen molar-refractivity contribution in [1.82, 2.24) is 15.1 Å². The normalized spacial score (nSPS) is 20.5. The van der Waals surface area contributed by atoms with E-state index in [-0.39, 0.29) is 30.7 Å². The SMILES string of the molecule is COc1cccc(N2CCN(C(=O)C[C@@H]3C(=O)NCCN3CCC(C)C)CC2=O)c1. The first-order chi connectivity index (χ1) is 14.4. The third-order valence-corrected chi connectivity index (χ3v) is 5.74. The number of nitrogens with zero attached hydrogens (tertiary/aromatic N) is 3. The van der Waals surface area contributed by atoms with Crippen molar-refractivity contribution in [2.24, 2.45) is 5.92 Å². The summed E-state index contributed by atoms with van der Waals surface area (Å²) in [5, 5.41) is 2.87. The van der Waals surface area contributed by atoms with Gasteiger partial charge in [-0.05, 0) is 31.0 Å². The standard InChI is InChI=1S/C22H32N4O4/c1-16(2)7-9-24-10-8-23-22(29)19(24)14-20(27)25-11-12-26(21(28)15-25)17-5-4-6-18(13-17)30-3/h4-6,13,16,19H,7-12,14-15H2,1-3H3,(H,23,29)/t19-/m1/s1. The van der Waals surface area contributed by atoms with Gasteiger partial charge in [-0.25, -0.2) is 0 Å². The Bertz CT molecular complexity index is 782. The summed E-state index contributed by atoms with van der Waals surface area (Å²) in [6.07, 6.45) is 1.09. The number of methoxy groups -OCH3 is 1. The number of carbonyl (C=O) groups is 3. The molecule has 2 aliphatic heterocycles. The second kappa shape index (κ2) is 9.93. The highest BCUT2D eigenvalue weighted by atomic mass is 16.5. The van der Waals surface area contributed by atoms with Crippen molar-refractivity contribution in [2.75, 3.05) is 51.3 Å². The third kappa shape index (κ3) is 5.30. The average molecular weight is 417 g/mol. The van der Waals surface area contributed by atoms with E-state index < -0.39 is 6.04 Å². The van der Waals surface area contributed by atoms with Crippen LogP contribution in [0.4, 0.5) is 5.69 Å². The first kappa shape index (κ1) is 22.1. The van der Waals surface area contributed by atoms with Crippen LogP contribution in [0.2, 0.25) is 0 Å². The lowest BCUT2D eigenvalue weighted by Crippen LogP contribution is -2.58. The van der Waals surface area contributed by atoms with Gasteiger partial charge in [0.25, 0.3) is 0 Å². The van der Waals surface area contributed by atoms with Crippen molar-refractivity contribution >= 4 is 23.4 Å². The van der Waals surface area contributed by atoms with Crippen LogP contribution in [0.15, 0.2) is 24.3 Å². The minimum atomic E-state index is -0.462. The van der Waals surface area contributed by atoms with E-state index in [1.54, 1.807) is 16.9 Å². The zero-order valence-electron chi connectivity index (χ0n) is 18.1. The number of nitrogens with one attached hydrogen (secondary N) is 1. The number of hydrogen-bond donors (Lipinski definition) is 1. The number of benzene rings is 1. The molecule has 3 rings (SSSR count). The first-order valence-corrected chi connectivity index (χ1v) is 10.6. The quantitative estimate of drug-likeness (QED) is 0.720. The van der Waals surface area contributed by atoms with Gasteiger partial charge in [0.05, 0.1) is 19.6 Å². The fraction of sp³-hybridized carbons (Fsp3) is 0.591. The van der Waals surface area contributed by atoms with E-state index in [0.717, 1.165) is 25.2 Å². The molecule has 1 aromatic rings. The number of ether oxygens (including phenoxy) is 1. The molecule has 0 aromatic heterocycles. The second-order valence-electron chi connectivity index (χ2n) is 8.29. The van der Waals surface area contributed by atoms with Crippen molar-refractivity contribution in [3.05, 3.63) is 24.3 Å². The molecule has 30 heavy (non-hydrogen) atoms. The molecule has 1 N–H and O–H groups in total. The van der Waals surface area contributed by atoms with Gasteiger partial charge in [0.15, 0.2) is 0 Å². The van der Waals surface area contributed by atoms with Crippen LogP contribution in [0.5, 0.6) is 5.75 Å². The van der Waals surface area contributed by atoms with Gasteiger partial charge in [-0.15, -0.1) is 0 Å². The monoisotopic (exact) mass is 416 g/mol. The molecule has 8 heteroatoms. The predicted octanol–water partition coefficient (Wildman–Crippen LogP) is 1.11. The summed E-state index contributed by atoms with van der Waals surface area (Å²) in [5.41, 5.74) is 0.762. The molecule has 2 aliphatic rings. The lowest BCUT2D eigenvalue weighted by atomic mass is 10.0. The van der Waals surface area contributed by atoms with E-state index in [9.17, 15) is 14.4 Å². The van der Waals surface area contributed by atoms with Gasteiger partial charge >= 0.3 is 0 Å². The van der Waals surface area contributed by atoms with Crippen LogP contribution >= 0.6 is 0 Å². The van der Waals surface area contributed by atoms with Crippen molar-refractivity contribution in [3.8, 4) is 5.75 Å². The van der Waals surface area contributed by atoms with E-state index in [4.69, 9.17) is 4.74 Å². The largest absolute Gasteiger partial charge is 0.497 e. The molecular weight excluding hydrogens is 384 g/mol. The molecule has 3 amide bonds. The van der Waals surface area contributed by atoms with Crippen molar-refractivity contribution < 1.29 is 19.1 Å². The van der Waals surface area contributed by atoms with Gasteiger partial charge in [-0.3, -0.25) is 19.3 Å². The summed E-state index contributed by atoms with van der Waals surface area (Å²) >= 11 is 0. The molecule has 2 heterocycles. The van der Waals surface area contributed by atoms with Crippen molar-refractivity contribution in [2.45, 2.75) is 32.7 Å². The van der Waals surface area contributed by atoms with Crippen molar-refractivity contribution in [3.63, 3.8) is 0 Å². The minimum absolute atomic E-state index is 0.0242. The van der Waals surface area contributed by atoms with Crippen LogP contribution in [0, 0.1) is 5.92 Å².